The third-order valence-corrected chi connectivity index (χ3v) is 4.41. The van der Waals surface area contributed by atoms with Crippen molar-refractivity contribution in [1.29, 1.82) is 0 Å². The van der Waals surface area contributed by atoms with E-state index in [1.807, 2.05) is 12.1 Å². The van der Waals surface area contributed by atoms with Gasteiger partial charge in [0.05, 0.1) is 10.7 Å². The van der Waals surface area contributed by atoms with Gasteiger partial charge in [0.2, 0.25) is 0 Å². The first-order valence-corrected chi connectivity index (χ1v) is 8.66. The summed E-state index contributed by atoms with van der Waals surface area (Å²) in [4.78, 5) is 2.44. The molecule has 2 nitrogen and oxygen atoms in total. The van der Waals surface area contributed by atoms with Crippen LogP contribution in [0.4, 0.5) is 5.69 Å². The van der Waals surface area contributed by atoms with Gasteiger partial charge in [-0.05, 0) is 24.5 Å². The molecule has 0 aliphatic carbocycles. The number of hydrogen-bond donors (Lipinski definition) is 1. The molecular formula is C18H31ClN2. The average Bonchev–Trinajstić information content (AvgIpc) is 2.47. The monoisotopic (exact) mass is 310 g/mol. The summed E-state index contributed by atoms with van der Waals surface area (Å²) >= 11 is 6.52. The Balaban J connectivity index is 3.00. The van der Waals surface area contributed by atoms with Gasteiger partial charge < -0.3 is 10.2 Å². The van der Waals surface area contributed by atoms with Gasteiger partial charge in [-0.25, -0.2) is 0 Å². The number of nitrogens with one attached hydrogen (secondary N) is 1. The molecule has 3 heteroatoms. The third-order valence-electron chi connectivity index (χ3n) is 4.10. The maximum absolute atomic E-state index is 6.52. The van der Waals surface area contributed by atoms with E-state index in [0.29, 0.717) is 6.04 Å². The quantitative estimate of drug-likeness (QED) is 0.682. The molecule has 1 aromatic carbocycles. The van der Waals surface area contributed by atoms with Gasteiger partial charge in [0.1, 0.15) is 0 Å². The molecule has 0 aromatic heterocycles. The van der Waals surface area contributed by atoms with Crippen molar-refractivity contribution >= 4 is 17.3 Å². The molecule has 0 heterocycles. The van der Waals surface area contributed by atoms with Gasteiger partial charge in [0.25, 0.3) is 0 Å². The summed E-state index contributed by atoms with van der Waals surface area (Å²) in [6.45, 7) is 14.1. The molecule has 0 unspecified atom stereocenters. The van der Waals surface area contributed by atoms with Crippen molar-refractivity contribution in [3.8, 4) is 0 Å². The Morgan fingerprint density at radius 1 is 1.14 bits per heavy atom. The average molecular weight is 311 g/mol. The van der Waals surface area contributed by atoms with E-state index in [1.54, 1.807) is 0 Å². The van der Waals surface area contributed by atoms with Gasteiger partial charge >= 0.3 is 0 Å². The highest BCUT2D eigenvalue weighted by Gasteiger charge is 2.16. The van der Waals surface area contributed by atoms with Crippen LogP contribution in [0.15, 0.2) is 18.2 Å². The number of nitrogens with zero attached hydrogens (tertiary/aromatic N) is 1. The first-order chi connectivity index (χ1) is 10.0. The molecule has 1 rings (SSSR count). The van der Waals surface area contributed by atoms with Crippen molar-refractivity contribution in [2.75, 3.05) is 18.0 Å². The van der Waals surface area contributed by atoms with Crippen molar-refractivity contribution in [1.82, 2.24) is 5.32 Å². The number of rotatable bonds is 9. The maximum atomic E-state index is 6.52. The zero-order valence-corrected chi connectivity index (χ0v) is 15.0. The van der Waals surface area contributed by atoms with Crippen LogP contribution >= 0.6 is 11.6 Å². The van der Waals surface area contributed by atoms with Crippen LogP contribution in [0.2, 0.25) is 5.02 Å². The van der Waals surface area contributed by atoms with Crippen LogP contribution in [0.1, 0.15) is 53.0 Å². The normalized spacial score (nSPS) is 11.4. The first-order valence-electron chi connectivity index (χ1n) is 8.29. The molecule has 1 N–H and O–H groups in total. The van der Waals surface area contributed by atoms with Crippen molar-refractivity contribution < 1.29 is 0 Å². The lowest BCUT2D eigenvalue weighted by Crippen LogP contribution is -2.31. The Kier molecular flexibility index (Phi) is 8.13. The minimum Gasteiger partial charge on any atom is -0.370 e. The van der Waals surface area contributed by atoms with E-state index in [9.17, 15) is 0 Å². The molecule has 0 fully saturated rings. The van der Waals surface area contributed by atoms with E-state index >= 15 is 0 Å². The minimum atomic E-state index is 0.478. The van der Waals surface area contributed by atoms with Crippen LogP contribution in [0, 0.1) is 5.92 Å². The van der Waals surface area contributed by atoms with Gasteiger partial charge in [0, 0.05) is 25.7 Å². The highest BCUT2D eigenvalue weighted by Crippen LogP contribution is 2.31. The molecule has 0 spiro atoms. The number of para-hydroxylation sites is 1. The van der Waals surface area contributed by atoms with Crippen molar-refractivity contribution in [2.45, 2.75) is 60.0 Å². The molecule has 1 aromatic rings. The molecule has 21 heavy (non-hydrogen) atoms. The van der Waals surface area contributed by atoms with Crippen LogP contribution < -0.4 is 10.2 Å². The van der Waals surface area contributed by atoms with E-state index in [4.69, 9.17) is 11.6 Å². The smallest absolute Gasteiger partial charge is 0.0642 e. The Bertz CT molecular complexity index is 414. The third kappa shape index (κ3) is 5.52. The molecule has 0 aliphatic rings. The summed E-state index contributed by atoms with van der Waals surface area (Å²) in [6, 6.07) is 6.72. The van der Waals surface area contributed by atoms with Gasteiger partial charge in [-0.2, -0.15) is 0 Å². The second-order valence-electron chi connectivity index (χ2n) is 6.00. The largest absolute Gasteiger partial charge is 0.370 e. The van der Waals surface area contributed by atoms with Crippen molar-refractivity contribution in [3.63, 3.8) is 0 Å². The first kappa shape index (κ1) is 18.3. The summed E-state index contributed by atoms with van der Waals surface area (Å²) in [6.07, 6.45) is 2.44. The van der Waals surface area contributed by atoms with Crippen molar-refractivity contribution in [3.05, 3.63) is 28.8 Å². The SMILES string of the molecule is CCC(CC)CN(CC)c1c(Cl)cccc1CNC(C)C. The summed E-state index contributed by atoms with van der Waals surface area (Å²) < 4.78 is 0. The molecule has 0 bridgehead atoms. The minimum absolute atomic E-state index is 0.478. The predicted octanol–water partition coefficient (Wildman–Crippen LogP) is 5.10. The molecule has 0 saturated heterocycles. The fourth-order valence-electron chi connectivity index (χ4n) is 2.61. The summed E-state index contributed by atoms with van der Waals surface area (Å²) in [5.41, 5.74) is 2.51. The van der Waals surface area contributed by atoms with Crippen LogP contribution in [0.3, 0.4) is 0 Å². The lowest BCUT2D eigenvalue weighted by atomic mass is 10.0. The number of halogens is 1. The Morgan fingerprint density at radius 2 is 1.81 bits per heavy atom. The van der Waals surface area contributed by atoms with Crippen LogP contribution in [-0.2, 0) is 6.54 Å². The lowest BCUT2D eigenvalue weighted by Gasteiger charge is -2.30. The molecule has 0 saturated carbocycles. The molecule has 0 radical (unpaired) electrons. The Hall–Kier alpha value is -0.730. The lowest BCUT2D eigenvalue weighted by molar-refractivity contribution is 0.485. The van der Waals surface area contributed by atoms with Gasteiger partial charge in [-0.3, -0.25) is 0 Å². The Morgan fingerprint density at radius 3 is 2.33 bits per heavy atom. The molecule has 120 valence electrons. The number of benzene rings is 1. The molecule has 0 aliphatic heterocycles. The summed E-state index contributed by atoms with van der Waals surface area (Å²) in [7, 11) is 0. The van der Waals surface area contributed by atoms with E-state index in [1.165, 1.54) is 24.1 Å². The zero-order chi connectivity index (χ0) is 15.8. The second-order valence-corrected chi connectivity index (χ2v) is 6.41. The van der Waals surface area contributed by atoms with E-state index in [0.717, 1.165) is 30.6 Å². The highest BCUT2D eigenvalue weighted by molar-refractivity contribution is 6.33. The van der Waals surface area contributed by atoms with E-state index < -0.39 is 0 Å². The number of anilines is 1. The fraction of sp³-hybridized carbons (Fsp3) is 0.667. The maximum Gasteiger partial charge on any atom is 0.0642 e. The van der Waals surface area contributed by atoms with Gasteiger partial charge in [-0.15, -0.1) is 0 Å². The second kappa shape index (κ2) is 9.32. The van der Waals surface area contributed by atoms with Crippen LogP contribution in [0.25, 0.3) is 0 Å². The molecule has 0 amide bonds. The summed E-state index contributed by atoms with van der Waals surface area (Å²) in [5.74, 6) is 0.729. The van der Waals surface area contributed by atoms with Crippen LogP contribution in [0.5, 0.6) is 0 Å². The van der Waals surface area contributed by atoms with Gasteiger partial charge in [0.15, 0.2) is 0 Å². The molecular weight excluding hydrogens is 280 g/mol. The predicted molar refractivity (Wildman–Crippen MR) is 95.4 cm³/mol. The van der Waals surface area contributed by atoms with Crippen LogP contribution in [-0.4, -0.2) is 19.1 Å². The van der Waals surface area contributed by atoms with Crippen molar-refractivity contribution in [2.24, 2.45) is 5.92 Å². The van der Waals surface area contributed by atoms with E-state index in [2.05, 4.69) is 50.9 Å². The number of hydrogen-bond acceptors (Lipinski definition) is 2. The Labute approximate surface area is 135 Å². The topological polar surface area (TPSA) is 15.3 Å². The van der Waals surface area contributed by atoms with Gasteiger partial charge in [-0.1, -0.05) is 64.3 Å². The summed E-state index contributed by atoms with van der Waals surface area (Å²) in [5, 5.41) is 4.37. The highest BCUT2D eigenvalue weighted by atomic mass is 35.5. The standard InChI is InChI=1S/C18H31ClN2/c1-6-15(7-2)13-21(8-3)18-16(12-20-14(4)5)10-9-11-17(18)19/h9-11,14-15,20H,6-8,12-13H2,1-5H3. The molecule has 0 atom stereocenters. The zero-order valence-electron chi connectivity index (χ0n) is 14.2. The van der Waals surface area contributed by atoms with E-state index in [-0.39, 0.29) is 0 Å². The fourth-order valence-corrected chi connectivity index (χ4v) is 2.92.